The van der Waals surface area contributed by atoms with Crippen LogP contribution in [0.2, 0.25) is 0 Å². The van der Waals surface area contributed by atoms with Crippen LogP contribution in [0.4, 0.5) is 10.1 Å². The van der Waals surface area contributed by atoms with Crippen molar-refractivity contribution in [2.45, 2.75) is 13.0 Å². The summed E-state index contributed by atoms with van der Waals surface area (Å²) in [5.41, 5.74) is 11.9. The molecule has 4 N–H and O–H groups in total. The topological polar surface area (TPSA) is 52.0 Å². The molecule has 60 valence electrons. The molecule has 0 unspecified atom stereocenters. The first-order valence-corrected chi connectivity index (χ1v) is 3.42. The maximum Gasteiger partial charge on any atom is 0.128 e. The zero-order valence-corrected chi connectivity index (χ0v) is 6.34. The highest BCUT2D eigenvalue weighted by Crippen LogP contribution is 2.17. The molecule has 0 amide bonds. The van der Waals surface area contributed by atoms with Crippen LogP contribution >= 0.6 is 0 Å². The Morgan fingerprint density at radius 1 is 1.45 bits per heavy atom. The molecule has 0 spiro atoms. The predicted octanol–water partition coefficient (Wildman–Crippen LogP) is 1.43. The monoisotopic (exact) mass is 154 g/mol. The Morgan fingerprint density at radius 2 is 2.09 bits per heavy atom. The summed E-state index contributed by atoms with van der Waals surface area (Å²) in [5, 5.41) is 0. The molecule has 0 heterocycles. The van der Waals surface area contributed by atoms with Gasteiger partial charge in [-0.05, 0) is 25.1 Å². The summed E-state index contributed by atoms with van der Waals surface area (Å²) in [6.45, 7) is 1.72. The predicted molar refractivity (Wildman–Crippen MR) is 43.4 cm³/mol. The van der Waals surface area contributed by atoms with Gasteiger partial charge in [0.25, 0.3) is 0 Å². The molecular weight excluding hydrogens is 143 g/mol. The Kier molecular flexibility index (Phi) is 2.10. The molecule has 1 aromatic carbocycles. The molecule has 0 saturated carbocycles. The van der Waals surface area contributed by atoms with Crippen molar-refractivity contribution in [3.63, 3.8) is 0 Å². The Morgan fingerprint density at radius 3 is 2.55 bits per heavy atom. The van der Waals surface area contributed by atoms with E-state index in [1.165, 1.54) is 12.1 Å². The summed E-state index contributed by atoms with van der Waals surface area (Å²) in [7, 11) is 0. The largest absolute Gasteiger partial charge is 0.399 e. The third-order valence-electron chi connectivity index (χ3n) is 1.51. The molecule has 0 radical (unpaired) electrons. The van der Waals surface area contributed by atoms with Crippen LogP contribution < -0.4 is 11.5 Å². The van der Waals surface area contributed by atoms with Gasteiger partial charge in [-0.1, -0.05) is 0 Å². The van der Waals surface area contributed by atoms with Gasteiger partial charge in [-0.25, -0.2) is 4.39 Å². The fourth-order valence-corrected chi connectivity index (χ4v) is 0.911. The van der Waals surface area contributed by atoms with Crippen molar-refractivity contribution in [3.8, 4) is 0 Å². The lowest BCUT2D eigenvalue weighted by Gasteiger charge is -2.06. The minimum atomic E-state index is -0.307. The molecule has 3 heteroatoms. The van der Waals surface area contributed by atoms with E-state index < -0.39 is 0 Å². The molecule has 2 nitrogen and oxygen atoms in total. The molecule has 0 fully saturated rings. The fraction of sp³-hybridized carbons (Fsp3) is 0.250. The summed E-state index contributed by atoms with van der Waals surface area (Å²) in [6.07, 6.45) is 0. The quantitative estimate of drug-likeness (QED) is 0.601. The average molecular weight is 154 g/mol. The average Bonchev–Trinajstić information content (AvgIpc) is 1.94. The number of nitrogen functional groups attached to an aromatic ring is 1. The van der Waals surface area contributed by atoms with Crippen LogP contribution in [-0.2, 0) is 0 Å². The van der Waals surface area contributed by atoms with E-state index >= 15 is 0 Å². The molecule has 0 aliphatic heterocycles. The molecule has 0 bridgehead atoms. The van der Waals surface area contributed by atoms with E-state index in [2.05, 4.69) is 0 Å². The van der Waals surface area contributed by atoms with E-state index in [1.54, 1.807) is 13.0 Å². The minimum absolute atomic E-state index is 0.297. The summed E-state index contributed by atoms with van der Waals surface area (Å²) in [4.78, 5) is 0. The summed E-state index contributed by atoms with van der Waals surface area (Å²) in [6, 6.07) is 4.09. The van der Waals surface area contributed by atoms with Crippen molar-refractivity contribution < 1.29 is 4.39 Å². The lowest BCUT2D eigenvalue weighted by molar-refractivity contribution is 0.594. The van der Waals surface area contributed by atoms with Crippen LogP contribution in [0.25, 0.3) is 0 Å². The second-order valence-corrected chi connectivity index (χ2v) is 2.57. The van der Waals surface area contributed by atoms with Gasteiger partial charge < -0.3 is 11.5 Å². The van der Waals surface area contributed by atoms with Crippen molar-refractivity contribution in [2.24, 2.45) is 5.73 Å². The number of anilines is 1. The van der Waals surface area contributed by atoms with Gasteiger partial charge in [0, 0.05) is 17.3 Å². The Labute approximate surface area is 65.0 Å². The molecule has 0 aliphatic carbocycles. The van der Waals surface area contributed by atoms with E-state index in [9.17, 15) is 4.39 Å². The molecule has 0 aromatic heterocycles. The van der Waals surface area contributed by atoms with Crippen LogP contribution in [0, 0.1) is 5.82 Å². The number of hydrogen-bond acceptors (Lipinski definition) is 2. The van der Waals surface area contributed by atoms with Crippen LogP contribution in [0.1, 0.15) is 18.5 Å². The fourth-order valence-electron chi connectivity index (χ4n) is 0.911. The van der Waals surface area contributed by atoms with Crippen LogP contribution in [0.15, 0.2) is 18.2 Å². The van der Waals surface area contributed by atoms with E-state index in [4.69, 9.17) is 11.5 Å². The van der Waals surface area contributed by atoms with Crippen LogP contribution in [-0.4, -0.2) is 0 Å². The highest BCUT2D eigenvalue weighted by Gasteiger charge is 2.05. The second-order valence-electron chi connectivity index (χ2n) is 2.57. The number of hydrogen-bond donors (Lipinski definition) is 2. The Hall–Kier alpha value is -1.09. The molecular formula is C8H11FN2. The molecule has 1 aromatic rings. The van der Waals surface area contributed by atoms with Crippen molar-refractivity contribution in [2.75, 3.05) is 5.73 Å². The number of nitrogens with two attached hydrogens (primary N) is 2. The number of benzene rings is 1. The summed E-state index contributed by atoms with van der Waals surface area (Å²) >= 11 is 0. The SMILES string of the molecule is C[C@H](N)c1cc(N)ccc1F. The first-order chi connectivity index (χ1) is 5.11. The summed E-state index contributed by atoms with van der Waals surface area (Å²) in [5.74, 6) is -0.297. The van der Waals surface area contributed by atoms with Crippen molar-refractivity contribution in [1.82, 2.24) is 0 Å². The minimum Gasteiger partial charge on any atom is -0.399 e. The highest BCUT2D eigenvalue weighted by molar-refractivity contribution is 5.42. The van der Waals surface area contributed by atoms with Crippen molar-refractivity contribution in [1.29, 1.82) is 0 Å². The zero-order valence-electron chi connectivity index (χ0n) is 6.34. The molecule has 1 atom stereocenters. The third-order valence-corrected chi connectivity index (χ3v) is 1.51. The van der Waals surface area contributed by atoms with Crippen LogP contribution in [0.5, 0.6) is 0 Å². The van der Waals surface area contributed by atoms with E-state index in [-0.39, 0.29) is 11.9 Å². The maximum absolute atomic E-state index is 12.9. The van der Waals surface area contributed by atoms with Gasteiger partial charge in [-0.3, -0.25) is 0 Å². The Balaban J connectivity index is 3.13. The summed E-state index contributed by atoms with van der Waals surface area (Å²) < 4.78 is 12.9. The Bertz CT molecular complexity index is 258. The molecule has 0 saturated heterocycles. The maximum atomic E-state index is 12.9. The van der Waals surface area contributed by atoms with Gasteiger partial charge in [0.1, 0.15) is 5.82 Å². The second kappa shape index (κ2) is 2.88. The van der Waals surface area contributed by atoms with Crippen molar-refractivity contribution >= 4 is 5.69 Å². The lowest BCUT2D eigenvalue weighted by atomic mass is 10.1. The number of rotatable bonds is 1. The van der Waals surface area contributed by atoms with E-state index in [1.807, 2.05) is 0 Å². The molecule has 0 aliphatic rings. The normalized spacial score (nSPS) is 13.0. The van der Waals surface area contributed by atoms with Gasteiger partial charge in [0.2, 0.25) is 0 Å². The zero-order chi connectivity index (χ0) is 8.43. The lowest BCUT2D eigenvalue weighted by Crippen LogP contribution is -2.07. The number of halogens is 1. The van der Waals surface area contributed by atoms with Gasteiger partial charge in [0.15, 0.2) is 0 Å². The van der Waals surface area contributed by atoms with E-state index in [0.717, 1.165) is 0 Å². The van der Waals surface area contributed by atoms with Crippen LogP contribution in [0.3, 0.4) is 0 Å². The van der Waals surface area contributed by atoms with E-state index in [0.29, 0.717) is 11.3 Å². The first kappa shape index (κ1) is 8.01. The van der Waals surface area contributed by atoms with Gasteiger partial charge >= 0.3 is 0 Å². The first-order valence-electron chi connectivity index (χ1n) is 3.42. The molecule has 1 rings (SSSR count). The van der Waals surface area contributed by atoms with Gasteiger partial charge in [0.05, 0.1) is 0 Å². The third kappa shape index (κ3) is 1.68. The van der Waals surface area contributed by atoms with Gasteiger partial charge in [-0.2, -0.15) is 0 Å². The van der Waals surface area contributed by atoms with Gasteiger partial charge in [-0.15, -0.1) is 0 Å². The molecule has 11 heavy (non-hydrogen) atoms. The van der Waals surface area contributed by atoms with Crippen molar-refractivity contribution in [3.05, 3.63) is 29.6 Å². The highest BCUT2D eigenvalue weighted by atomic mass is 19.1. The smallest absolute Gasteiger partial charge is 0.128 e. The standard InChI is InChI=1S/C8H11FN2/c1-5(10)7-4-6(11)2-3-8(7)9/h2-5H,10-11H2,1H3/t5-/m0/s1.